The molecule has 0 unspecified atom stereocenters. The first-order chi connectivity index (χ1) is 8.40. The second-order valence-corrected chi connectivity index (χ2v) is 4.40. The summed E-state index contributed by atoms with van der Waals surface area (Å²) >= 11 is 0. The molecule has 0 spiro atoms. The molecule has 0 saturated carbocycles. The van der Waals surface area contributed by atoms with Crippen LogP contribution >= 0.6 is 0 Å². The highest BCUT2D eigenvalue weighted by molar-refractivity contribution is 5.91. The molecular formula is C12H15FN2O3. The fourth-order valence-electron chi connectivity index (χ4n) is 1.37. The van der Waals surface area contributed by atoms with Gasteiger partial charge in [0.25, 0.3) is 0 Å². The van der Waals surface area contributed by atoms with E-state index in [0.717, 1.165) is 18.6 Å². The lowest BCUT2D eigenvalue weighted by Gasteiger charge is -2.06. The lowest BCUT2D eigenvalue weighted by Crippen LogP contribution is -2.12. The average molecular weight is 254 g/mol. The van der Waals surface area contributed by atoms with E-state index in [-0.39, 0.29) is 11.6 Å². The van der Waals surface area contributed by atoms with E-state index in [1.54, 1.807) is 0 Å². The van der Waals surface area contributed by atoms with Crippen molar-refractivity contribution in [2.75, 3.05) is 5.32 Å². The summed E-state index contributed by atoms with van der Waals surface area (Å²) in [5.41, 5.74) is -0.409. The summed E-state index contributed by atoms with van der Waals surface area (Å²) < 4.78 is 13.1. The highest BCUT2D eigenvalue weighted by atomic mass is 19.1. The van der Waals surface area contributed by atoms with E-state index in [1.165, 1.54) is 6.07 Å². The number of nitro benzene ring substituents is 1. The highest BCUT2D eigenvalue weighted by Gasteiger charge is 2.15. The lowest BCUT2D eigenvalue weighted by atomic mass is 10.1. The molecule has 0 aliphatic rings. The summed E-state index contributed by atoms with van der Waals surface area (Å²) in [5.74, 6) is -0.747. The van der Waals surface area contributed by atoms with Gasteiger partial charge in [-0.05, 0) is 24.5 Å². The number of halogens is 1. The van der Waals surface area contributed by atoms with Gasteiger partial charge in [-0.2, -0.15) is 4.39 Å². The molecule has 98 valence electrons. The minimum absolute atomic E-state index is 0.232. The summed E-state index contributed by atoms with van der Waals surface area (Å²) in [6.45, 7) is 3.99. The van der Waals surface area contributed by atoms with Crippen LogP contribution < -0.4 is 5.32 Å². The average Bonchev–Trinajstić information content (AvgIpc) is 2.28. The van der Waals surface area contributed by atoms with Gasteiger partial charge in [0.1, 0.15) is 0 Å². The number of carbonyl (C=O) groups excluding carboxylic acids is 1. The van der Waals surface area contributed by atoms with Crippen molar-refractivity contribution in [1.82, 2.24) is 0 Å². The minimum atomic E-state index is -0.917. The monoisotopic (exact) mass is 254 g/mol. The summed E-state index contributed by atoms with van der Waals surface area (Å²) in [5, 5.41) is 13.0. The maximum atomic E-state index is 13.1. The SMILES string of the molecule is CC(C)CCC(=O)Nc1ccc(F)c([N+](=O)[O-])c1. The van der Waals surface area contributed by atoms with Gasteiger partial charge >= 0.3 is 5.69 Å². The van der Waals surface area contributed by atoms with Gasteiger partial charge in [-0.25, -0.2) is 0 Å². The summed E-state index contributed by atoms with van der Waals surface area (Å²) in [6, 6.07) is 3.29. The number of nitrogens with one attached hydrogen (secondary N) is 1. The Hall–Kier alpha value is -1.98. The molecule has 0 saturated heterocycles. The van der Waals surface area contributed by atoms with Crippen LogP contribution in [0.1, 0.15) is 26.7 Å². The molecule has 1 rings (SSSR count). The molecule has 6 heteroatoms. The number of hydrogen-bond acceptors (Lipinski definition) is 3. The molecule has 0 aliphatic carbocycles. The Kier molecular flexibility index (Phi) is 4.76. The van der Waals surface area contributed by atoms with Gasteiger partial charge in [0, 0.05) is 18.2 Å². The van der Waals surface area contributed by atoms with E-state index >= 15 is 0 Å². The predicted octanol–water partition coefficient (Wildman–Crippen LogP) is 3.11. The lowest BCUT2D eigenvalue weighted by molar-refractivity contribution is -0.387. The van der Waals surface area contributed by atoms with Crippen molar-refractivity contribution >= 4 is 17.3 Å². The maximum absolute atomic E-state index is 13.1. The molecule has 1 aromatic rings. The number of rotatable bonds is 5. The van der Waals surface area contributed by atoms with Gasteiger partial charge in [0.15, 0.2) is 0 Å². The van der Waals surface area contributed by atoms with Crippen molar-refractivity contribution in [3.8, 4) is 0 Å². The first-order valence-corrected chi connectivity index (χ1v) is 5.64. The fraction of sp³-hybridized carbons (Fsp3) is 0.417. The molecular weight excluding hydrogens is 239 g/mol. The van der Waals surface area contributed by atoms with Crippen LogP contribution in [0.5, 0.6) is 0 Å². The third kappa shape index (κ3) is 4.12. The molecule has 5 nitrogen and oxygen atoms in total. The Morgan fingerprint density at radius 2 is 2.17 bits per heavy atom. The van der Waals surface area contributed by atoms with Crippen LogP contribution in [0.2, 0.25) is 0 Å². The number of nitro groups is 1. The van der Waals surface area contributed by atoms with Gasteiger partial charge in [-0.3, -0.25) is 14.9 Å². The van der Waals surface area contributed by atoms with Gasteiger partial charge in [0.2, 0.25) is 11.7 Å². The molecule has 18 heavy (non-hydrogen) atoms. The van der Waals surface area contributed by atoms with Crippen molar-refractivity contribution in [2.45, 2.75) is 26.7 Å². The van der Waals surface area contributed by atoms with Crippen molar-refractivity contribution < 1.29 is 14.1 Å². The zero-order valence-electron chi connectivity index (χ0n) is 10.3. The predicted molar refractivity (Wildman–Crippen MR) is 65.8 cm³/mol. The van der Waals surface area contributed by atoms with Crippen molar-refractivity contribution in [3.63, 3.8) is 0 Å². The van der Waals surface area contributed by atoms with Crippen LogP contribution in [-0.2, 0) is 4.79 Å². The number of anilines is 1. The topological polar surface area (TPSA) is 72.2 Å². The third-order valence-electron chi connectivity index (χ3n) is 2.38. The standard InChI is InChI=1S/C12H15FN2O3/c1-8(2)3-6-12(16)14-9-4-5-10(13)11(7-9)15(17)18/h4-5,7-8H,3,6H2,1-2H3,(H,14,16). The molecule has 0 aromatic heterocycles. The highest BCUT2D eigenvalue weighted by Crippen LogP contribution is 2.21. The van der Waals surface area contributed by atoms with Crippen LogP contribution in [0.4, 0.5) is 15.8 Å². The normalized spacial score (nSPS) is 10.4. The van der Waals surface area contributed by atoms with E-state index < -0.39 is 16.4 Å². The van der Waals surface area contributed by atoms with Gasteiger partial charge < -0.3 is 5.32 Å². The molecule has 0 bridgehead atoms. The minimum Gasteiger partial charge on any atom is -0.326 e. The molecule has 0 aliphatic heterocycles. The van der Waals surface area contributed by atoms with Crippen molar-refractivity contribution in [2.24, 2.45) is 5.92 Å². The summed E-state index contributed by atoms with van der Waals surface area (Å²) in [4.78, 5) is 21.2. The molecule has 0 fully saturated rings. The third-order valence-corrected chi connectivity index (χ3v) is 2.38. The Morgan fingerprint density at radius 3 is 2.72 bits per heavy atom. The number of nitrogens with zero attached hydrogens (tertiary/aromatic N) is 1. The zero-order valence-corrected chi connectivity index (χ0v) is 10.3. The smallest absolute Gasteiger partial charge is 0.306 e. The molecule has 1 amide bonds. The fourth-order valence-corrected chi connectivity index (χ4v) is 1.37. The number of carbonyl (C=O) groups is 1. The first kappa shape index (κ1) is 14.1. The van der Waals surface area contributed by atoms with Gasteiger partial charge in [-0.1, -0.05) is 13.8 Å². The zero-order chi connectivity index (χ0) is 13.7. The Morgan fingerprint density at radius 1 is 1.50 bits per heavy atom. The van der Waals surface area contributed by atoms with Crippen LogP contribution in [0.15, 0.2) is 18.2 Å². The van der Waals surface area contributed by atoms with Gasteiger partial charge in [0.05, 0.1) is 4.92 Å². The van der Waals surface area contributed by atoms with Crippen LogP contribution in [-0.4, -0.2) is 10.8 Å². The molecule has 0 heterocycles. The van der Waals surface area contributed by atoms with E-state index in [4.69, 9.17) is 0 Å². The van der Waals surface area contributed by atoms with Gasteiger partial charge in [-0.15, -0.1) is 0 Å². The van der Waals surface area contributed by atoms with E-state index in [1.807, 2.05) is 13.8 Å². The van der Waals surface area contributed by atoms with E-state index in [9.17, 15) is 19.3 Å². The Bertz CT molecular complexity index is 461. The Balaban J connectivity index is 2.70. The largest absolute Gasteiger partial charge is 0.326 e. The first-order valence-electron chi connectivity index (χ1n) is 5.64. The number of amides is 1. The Labute approximate surface area is 104 Å². The number of hydrogen-bond donors (Lipinski definition) is 1. The van der Waals surface area contributed by atoms with Crippen LogP contribution in [0, 0.1) is 21.8 Å². The number of benzene rings is 1. The maximum Gasteiger partial charge on any atom is 0.306 e. The quantitative estimate of drug-likeness (QED) is 0.648. The summed E-state index contributed by atoms with van der Waals surface area (Å²) in [7, 11) is 0. The second kappa shape index (κ2) is 6.09. The van der Waals surface area contributed by atoms with E-state index in [0.29, 0.717) is 12.3 Å². The van der Waals surface area contributed by atoms with Crippen molar-refractivity contribution in [1.29, 1.82) is 0 Å². The summed E-state index contributed by atoms with van der Waals surface area (Å²) in [6.07, 6.45) is 1.07. The van der Waals surface area contributed by atoms with E-state index in [2.05, 4.69) is 5.32 Å². The molecule has 1 N–H and O–H groups in total. The molecule has 0 atom stereocenters. The van der Waals surface area contributed by atoms with Crippen LogP contribution in [0.25, 0.3) is 0 Å². The molecule has 1 aromatic carbocycles. The van der Waals surface area contributed by atoms with Crippen molar-refractivity contribution in [3.05, 3.63) is 34.1 Å². The molecule has 0 radical (unpaired) electrons. The second-order valence-electron chi connectivity index (χ2n) is 4.40. The van der Waals surface area contributed by atoms with Crippen LogP contribution in [0.3, 0.4) is 0 Å².